The first-order valence-electron chi connectivity index (χ1n) is 4.75. The average molecular weight is 274 g/mol. The monoisotopic (exact) mass is 273 g/mol. The Hall–Kier alpha value is -0.720. The number of aliphatic hydroxyl groups is 1. The molecule has 2 atom stereocenters. The maximum atomic E-state index is 9.68. The van der Waals surface area contributed by atoms with Crippen LogP contribution in [0.3, 0.4) is 0 Å². The summed E-state index contributed by atoms with van der Waals surface area (Å²) in [7, 11) is 0. The highest BCUT2D eigenvalue weighted by molar-refractivity contribution is 9.10. The van der Waals surface area contributed by atoms with Crippen molar-refractivity contribution in [2.45, 2.75) is 18.6 Å². The summed E-state index contributed by atoms with van der Waals surface area (Å²) in [5.74, 6) is 0.507. The lowest BCUT2D eigenvalue weighted by atomic mass is 10.1. The molecule has 0 amide bonds. The van der Waals surface area contributed by atoms with Crippen molar-refractivity contribution in [2.75, 3.05) is 18.5 Å². The SMILES string of the molecule is O[C@@H]1CCOC[C@H]1Nc1ncc(Br)cn1. The van der Waals surface area contributed by atoms with Crippen molar-refractivity contribution in [1.82, 2.24) is 9.97 Å². The summed E-state index contributed by atoms with van der Waals surface area (Å²) < 4.78 is 6.09. The van der Waals surface area contributed by atoms with Crippen molar-refractivity contribution in [3.8, 4) is 0 Å². The normalized spacial score (nSPS) is 26.3. The average Bonchev–Trinajstić information content (AvgIpc) is 2.25. The molecule has 1 aromatic heterocycles. The Morgan fingerprint density at radius 3 is 2.87 bits per heavy atom. The van der Waals surface area contributed by atoms with Crippen molar-refractivity contribution in [2.24, 2.45) is 0 Å². The predicted molar refractivity (Wildman–Crippen MR) is 58.6 cm³/mol. The zero-order chi connectivity index (χ0) is 10.7. The molecule has 0 radical (unpaired) electrons. The minimum absolute atomic E-state index is 0.125. The van der Waals surface area contributed by atoms with Gasteiger partial charge in [-0.3, -0.25) is 0 Å². The molecule has 0 aromatic carbocycles. The number of hydrogen-bond acceptors (Lipinski definition) is 5. The Morgan fingerprint density at radius 2 is 2.20 bits per heavy atom. The number of aromatic nitrogens is 2. The highest BCUT2D eigenvalue weighted by Crippen LogP contribution is 2.13. The zero-order valence-electron chi connectivity index (χ0n) is 8.06. The van der Waals surface area contributed by atoms with Crippen LogP contribution in [0, 0.1) is 0 Å². The third-order valence-electron chi connectivity index (χ3n) is 2.25. The molecule has 2 N–H and O–H groups in total. The lowest BCUT2D eigenvalue weighted by molar-refractivity contribution is 0.00293. The van der Waals surface area contributed by atoms with E-state index in [0.29, 0.717) is 25.6 Å². The van der Waals surface area contributed by atoms with E-state index in [9.17, 15) is 5.11 Å². The van der Waals surface area contributed by atoms with Gasteiger partial charge >= 0.3 is 0 Å². The van der Waals surface area contributed by atoms with Gasteiger partial charge in [-0.25, -0.2) is 9.97 Å². The topological polar surface area (TPSA) is 67.3 Å². The van der Waals surface area contributed by atoms with Crippen LogP contribution in [0.1, 0.15) is 6.42 Å². The van der Waals surface area contributed by atoms with Crippen LogP contribution in [0.2, 0.25) is 0 Å². The van der Waals surface area contributed by atoms with Crippen LogP contribution < -0.4 is 5.32 Å². The molecule has 0 unspecified atom stereocenters. The molecule has 1 fully saturated rings. The summed E-state index contributed by atoms with van der Waals surface area (Å²) in [6.45, 7) is 1.10. The van der Waals surface area contributed by atoms with E-state index in [4.69, 9.17) is 4.74 Å². The van der Waals surface area contributed by atoms with Gasteiger partial charge in [0, 0.05) is 19.0 Å². The number of rotatable bonds is 2. The minimum Gasteiger partial charge on any atom is -0.391 e. The molecule has 2 rings (SSSR count). The number of hydrogen-bond donors (Lipinski definition) is 2. The van der Waals surface area contributed by atoms with Gasteiger partial charge in [0.2, 0.25) is 5.95 Å². The van der Waals surface area contributed by atoms with E-state index >= 15 is 0 Å². The second-order valence-electron chi connectivity index (χ2n) is 3.41. The van der Waals surface area contributed by atoms with Gasteiger partial charge in [-0.05, 0) is 22.4 Å². The van der Waals surface area contributed by atoms with Crippen LogP contribution in [-0.4, -0.2) is 40.4 Å². The first-order valence-corrected chi connectivity index (χ1v) is 5.55. The predicted octanol–water partition coefficient (Wildman–Crippen LogP) is 0.801. The van der Waals surface area contributed by atoms with Gasteiger partial charge in [-0.2, -0.15) is 0 Å². The standard InChI is InChI=1S/C9H12BrN3O2/c10-6-3-11-9(12-4-6)13-7-5-15-2-1-8(7)14/h3-4,7-8,14H,1-2,5H2,(H,11,12,13)/t7-,8-/m1/s1. The molecule has 1 aliphatic heterocycles. The molecule has 0 saturated carbocycles. The van der Waals surface area contributed by atoms with Crippen molar-refractivity contribution >= 4 is 21.9 Å². The molecular weight excluding hydrogens is 262 g/mol. The number of anilines is 1. The smallest absolute Gasteiger partial charge is 0.223 e. The molecular formula is C9H12BrN3O2. The Labute approximate surface area is 96.0 Å². The van der Waals surface area contributed by atoms with Gasteiger partial charge in [0.25, 0.3) is 0 Å². The van der Waals surface area contributed by atoms with Gasteiger partial charge in [0.05, 0.1) is 23.2 Å². The number of halogens is 1. The summed E-state index contributed by atoms with van der Waals surface area (Å²) in [4.78, 5) is 8.14. The number of nitrogens with zero attached hydrogens (tertiary/aromatic N) is 2. The number of ether oxygens (including phenoxy) is 1. The first kappa shape index (κ1) is 10.8. The van der Waals surface area contributed by atoms with Crippen LogP contribution in [-0.2, 0) is 4.74 Å². The lowest BCUT2D eigenvalue weighted by Crippen LogP contribution is -2.42. The fraction of sp³-hybridized carbons (Fsp3) is 0.556. The fourth-order valence-corrected chi connectivity index (χ4v) is 1.62. The molecule has 1 aliphatic rings. The van der Waals surface area contributed by atoms with Crippen LogP contribution in [0.5, 0.6) is 0 Å². The van der Waals surface area contributed by atoms with Crippen molar-refractivity contribution < 1.29 is 9.84 Å². The highest BCUT2D eigenvalue weighted by atomic mass is 79.9. The first-order chi connectivity index (χ1) is 7.25. The second kappa shape index (κ2) is 4.87. The van der Waals surface area contributed by atoms with Crippen molar-refractivity contribution in [3.05, 3.63) is 16.9 Å². The highest BCUT2D eigenvalue weighted by Gasteiger charge is 2.23. The molecule has 0 spiro atoms. The third kappa shape index (κ3) is 2.87. The zero-order valence-corrected chi connectivity index (χ0v) is 9.64. The van der Waals surface area contributed by atoms with Gasteiger partial charge in [0.15, 0.2) is 0 Å². The van der Waals surface area contributed by atoms with Crippen LogP contribution in [0.15, 0.2) is 16.9 Å². The lowest BCUT2D eigenvalue weighted by Gasteiger charge is -2.28. The van der Waals surface area contributed by atoms with E-state index < -0.39 is 6.10 Å². The van der Waals surface area contributed by atoms with E-state index in [1.54, 1.807) is 12.4 Å². The number of nitrogens with one attached hydrogen (secondary N) is 1. The molecule has 1 aromatic rings. The van der Waals surface area contributed by atoms with Crippen LogP contribution in [0.25, 0.3) is 0 Å². The third-order valence-corrected chi connectivity index (χ3v) is 2.66. The Bertz CT molecular complexity index is 320. The van der Waals surface area contributed by atoms with Gasteiger partial charge in [0.1, 0.15) is 0 Å². The van der Waals surface area contributed by atoms with E-state index in [2.05, 4.69) is 31.2 Å². The van der Waals surface area contributed by atoms with Gasteiger partial charge < -0.3 is 15.2 Å². The van der Waals surface area contributed by atoms with E-state index in [0.717, 1.165) is 4.47 Å². The van der Waals surface area contributed by atoms with Crippen molar-refractivity contribution in [1.29, 1.82) is 0 Å². The summed E-state index contributed by atoms with van der Waals surface area (Å²) in [6, 6.07) is -0.125. The van der Waals surface area contributed by atoms with E-state index in [1.165, 1.54) is 0 Å². The quantitative estimate of drug-likeness (QED) is 0.835. The summed E-state index contributed by atoms with van der Waals surface area (Å²) >= 11 is 3.26. The molecule has 2 heterocycles. The van der Waals surface area contributed by atoms with E-state index in [1.807, 2.05) is 0 Å². The molecule has 1 saturated heterocycles. The summed E-state index contributed by atoms with van der Waals surface area (Å²) in [5.41, 5.74) is 0. The van der Waals surface area contributed by atoms with E-state index in [-0.39, 0.29) is 6.04 Å². The molecule has 82 valence electrons. The maximum absolute atomic E-state index is 9.68. The van der Waals surface area contributed by atoms with Gasteiger partial charge in [-0.1, -0.05) is 0 Å². The largest absolute Gasteiger partial charge is 0.391 e. The van der Waals surface area contributed by atoms with Crippen LogP contribution >= 0.6 is 15.9 Å². The molecule has 15 heavy (non-hydrogen) atoms. The fourth-order valence-electron chi connectivity index (χ4n) is 1.42. The molecule has 0 bridgehead atoms. The molecule has 6 heteroatoms. The summed E-state index contributed by atoms with van der Waals surface area (Å²) in [5, 5.41) is 12.7. The Kier molecular flexibility index (Phi) is 3.50. The van der Waals surface area contributed by atoms with Crippen molar-refractivity contribution in [3.63, 3.8) is 0 Å². The minimum atomic E-state index is -0.397. The summed E-state index contributed by atoms with van der Waals surface area (Å²) in [6.07, 6.45) is 3.57. The second-order valence-corrected chi connectivity index (χ2v) is 4.32. The maximum Gasteiger partial charge on any atom is 0.223 e. The molecule has 0 aliphatic carbocycles. The Balaban J connectivity index is 1.98. The number of aliphatic hydroxyl groups excluding tert-OH is 1. The van der Waals surface area contributed by atoms with Crippen LogP contribution in [0.4, 0.5) is 5.95 Å². The van der Waals surface area contributed by atoms with Gasteiger partial charge in [-0.15, -0.1) is 0 Å². The molecule has 5 nitrogen and oxygen atoms in total. The Morgan fingerprint density at radius 1 is 1.47 bits per heavy atom.